The Morgan fingerprint density at radius 1 is 0.288 bits per heavy atom. The van der Waals surface area contributed by atoms with Gasteiger partial charge in [-0.1, -0.05) is 0 Å². The van der Waals surface area contributed by atoms with Crippen LogP contribution in [0.15, 0.2) is 257 Å². The molecule has 323 valence electrons. The van der Waals surface area contributed by atoms with Crippen molar-refractivity contribution in [3.63, 3.8) is 0 Å². The van der Waals surface area contributed by atoms with E-state index in [0.717, 1.165) is 6.42 Å². The zero-order chi connectivity index (χ0) is 42.8. The van der Waals surface area contributed by atoms with Gasteiger partial charge in [-0.2, -0.15) is 0 Å². The van der Waals surface area contributed by atoms with Gasteiger partial charge in [0.2, 0.25) is 0 Å². The first-order valence-electron chi connectivity index (χ1n) is 21.9. The molecule has 0 radical (unpaired) electrons. The fourth-order valence-electron chi connectivity index (χ4n) is 9.65. The average Bonchev–Trinajstić information content (AvgIpc) is 3.62. The van der Waals surface area contributed by atoms with E-state index in [1.807, 2.05) is 0 Å². The van der Waals surface area contributed by atoms with Crippen molar-refractivity contribution >= 4 is 60.9 Å². The van der Waals surface area contributed by atoms with E-state index in [1.165, 1.54) is 97.3 Å². The minimum Gasteiger partial charge on any atom is -0.147 e. The van der Waals surface area contributed by atoms with Crippen molar-refractivity contribution in [2.24, 2.45) is 0 Å². The summed E-state index contributed by atoms with van der Waals surface area (Å²) in [7, 11) is -3.29. The van der Waals surface area contributed by atoms with Gasteiger partial charge in [-0.15, -0.1) is 37.2 Å². The number of benzene rings is 9. The predicted molar refractivity (Wildman–Crippen MR) is 288 cm³/mol. The van der Waals surface area contributed by atoms with E-state index in [1.54, 1.807) is 5.20 Å². The second kappa shape index (κ2) is 21.3. The Bertz CT molecular complexity index is 2660. The number of allylic oxidation sites excluding steroid dienone is 4. The molecule has 0 saturated heterocycles. The molecule has 9 aromatic carbocycles. The third-order valence-corrected chi connectivity index (χ3v) is 18.8. The van der Waals surface area contributed by atoms with E-state index < -0.39 is 8.07 Å². The summed E-state index contributed by atoms with van der Waals surface area (Å²) in [6, 6.07) is 88.5. The molecule has 0 nitrogen and oxygen atoms in total. The van der Waals surface area contributed by atoms with Crippen molar-refractivity contribution in [3.05, 3.63) is 257 Å². The van der Waals surface area contributed by atoms with Gasteiger partial charge in [0.25, 0.3) is 0 Å². The van der Waals surface area contributed by atoms with Crippen molar-refractivity contribution in [1.29, 1.82) is 0 Å². The van der Waals surface area contributed by atoms with Crippen molar-refractivity contribution in [3.8, 4) is 66.8 Å². The van der Waals surface area contributed by atoms with Crippen LogP contribution >= 0.6 is 37.2 Å². The monoisotopic (exact) mass is 963 g/mol. The molecule has 10 rings (SSSR count). The normalized spacial score (nSPS) is 12.2. The Morgan fingerprint density at radius 3 is 0.682 bits per heavy atom. The number of hydrogen-bond acceptors (Lipinski definition) is 0. The zero-order valence-electron chi connectivity index (χ0n) is 36.9. The molecule has 0 N–H and O–H groups in total. The summed E-state index contributed by atoms with van der Waals surface area (Å²) >= 11 is 2.35. The maximum absolute atomic E-state index is 3.29. The van der Waals surface area contributed by atoms with Gasteiger partial charge in [-0.3, -0.25) is 0 Å². The van der Waals surface area contributed by atoms with Crippen LogP contribution in [0.4, 0.5) is 0 Å². The Kier molecular flexibility index (Phi) is 15.5. The van der Waals surface area contributed by atoms with E-state index in [4.69, 9.17) is 0 Å². The first-order valence-corrected chi connectivity index (χ1v) is 24.6. The minimum atomic E-state index is -3.29. The summed E-state index contributed by atoms with van der Waals surface area (Å²) in [5, 5.41) is 5.70. The van der Waals surface area contributed by atoms with Gasteiger partial charge >= 0.3 is 388 Å². The van der Waals surface area contributed by atoms with Gasteiger partial charge in [0.05, 0.1) is 0 Å². The molecular weight excluding hydrogens is 915 g/mol. The van der Waals surface area contributed by atoms with Crippen LogP contribution in [0, 0.1) is 0 Å². The standard InChI is InChI=1S/C61H47Si.3ClH.Ti/c1-44-33-34-61(45(44)2)62(58-38-52(46-21-9-3-10-22-46)35-53(39-58)47-23-11-4-12-24-47,59-40-54(48-25-13-5-14-26-48)36-55(41-59)49-27-15-6-16-28-49)60-42-56(50-29-17-7-18-30-50)37-57(43-60)51-31-19-8-20-32-51;;;;/h3-32,35-43H,34H2,1-2H3;3*1H;. The molecule has 0 atom stereocenters. The van der Waals surface area contributed by atoms with Crippen LogP contribution in [0.1, 0.15) is 20.3 Å². The van der Waals surface area contributed by atoms with Crippen LogP contribution in [0.5, 0.6) is 0 Å². The average molecular weight is 965 g/mol. The molecule has 9 aromatic rings. The van der Waals surface area contributed by atoms with E-state index in [2.05, 4.69) is 271 Å². The van der Waals surface area contributed by atoms with Crippen LogP contribution in [0.2, 0.25) is 0 Å². The molecule has 0 unspecified atom stereocenters. The maximum atomic E-state index is 2.56. The number of halogens is 3. The first-order chi connectivity index (χ1) is 31.0. The van der Waals surface area contributed by atoms with Gasteiger partial charge in [-0.25, -0.2) is 0 Å². The van der Waals surface area contributed by atoms with Gasteiger partial charge in [-0.05, 0) is 0 Å². The van der Waals surface area contributed by atoms with E-state index in [9.17, 15) is 0 Å². The van der Waals surface area contributed by atoms with Crippen LogP contribution in [-0.4, -0.2) is 8.07 Å². The molecule has 5 heteroatoms. The van der Waals surface area contributed by atoms with Crippen molar-refractivity contribution in [2.45, 2.75) is 20.3 Å². The Labute approximate surface area is 421 Å². The Morgan fingerprint density at radius 2 is 0.500 bits per heavy atom. The smallest absolute Gasteiger partial charge is 0.147 e. The predicted octanol–water partition coefficient (Wildman–Crippen LogP) is 15.5. The van der Waals surface area contributed by atoms with Gasteiger partial charge in [0.15, 0.2) is 0 Å². The first kappa shape index (κ1) is 48.2. The molecule has 0 saturated carbocycles. The summed E-state index contributed by atoms with van der Waals surface area (Å²) in [5.41, 5.74) is 17.5. The fourth-order valence-corrected chi connectivity index (χ4v) is 16.0. The molecule has 0 heterocycles. The van der Waals surface area contributed by atoms with Crippen molar-refractivity contribution < 1.29 is 20.4 Å². The second-order valence-corrected chi connectivity index (χ2v) is 21.5. The zero-order valence-corrected chi connectivity index (χ0v) is 42.0. The summed E-state index contributed by atoms with van der Waals surface area (Å²) < 4.78 is 1.45. The maximum Gasteiger partial charge on any atom is -0.147 e. The molecule has 0 amide bonds. The van der Waals surface area contributed by atoms with Crippen LogP contribution < -0.4 is 15.6 Å². The van der Waals surface area contributed by atoms with Gasteiger partial charge in [0.1, 0.15) is 0 Å². The second-order valence-electron chi connectivity index (χ2n) is 16.7. The van der Waals surface area contributed by atoms with Gasteiger partial charge in [0, 0.05) is 0 Å². The molecule has 0 aromatic heterocycles. The van der Waals surface area contributed by atoms with Gasteiger partial charge < -0.3 is 0 Å². The summed E-state index contributed by atoms with van der Waals surface area (Å²) in [4.78, 5) is 0. The summed E-state index contributed by atoms with van der Waals surface area (Å²) in [6.07, 6.45) is 0.923. The van der Waals surface area contributed by atoms with Crippen molar-refractivity contribution in [2.75, 3.05) is 0 Å². The Balaban J connectivity index is 0.00000216. The fraction of sp³-hybridized carbons (Fsp3) is 0.0492. The SMILES string of the molecule is CC1=[C]([Ti])CC([Si](c2cc(-c3ccccc3)cc(-c3ccccc3)c2)(c2cc(-c3ccccc3)cc(-c3ccccc3)c2)c2cc(-c3ccccc3)cc(-c3ccccc3)c2)=C1C.Cl.Cl.Cl. The van der Waals surface area contributed by atoms with Crippen LogP contribution in [-0.2, 0) is 20.4 Å². The minimum absolute atomic E-state index is 0. The third-order valence-electron chi connectivity index (χ3n) is 13.0. The molecule has 66 heavy (non-hydrogen) atoms. The number of rotatable bonds is 10. The molecule has 0 fully saturated rings. The summed E-state index contributed by atoms with van der Waals surface area (Å²) in [5.74, 6) is 0. The summed E-state index contributed by atoms with van der Waals surface area (Å²) in [6.45, 7) is 4.75. The van der Waals surface area contributed by atoms with E-state index in [-0.39, 0.29) is 37.2 Å². The van der Waals surface area contributed by atoms with Crippen LogP contribution in [0.3, 0.4) is 0 Å². The molecule has 0 aliphatic heterocycles. The molecule has 0 spiro atoms. The topological polar surface area (TPSA) is 0 Å². The molecule has 1 aliphatic rings. The third kappa shape index (κ3) is 9.44. The molecule has 1 aliphatic carbocycles. The quantitative estimate of drug-likeness (QED) is 0.0946. The molecule has 0 bridgehead atoms. The van der Waals surface area contributed by atoms with Crippen molar-refractivity contribution in [1.82, 2.24) is 0 Å². The molecular formula is C61H50Cl3SiTi. The number of hydrogen-bond donors (Lipinski definition) is 0. The van der Waals surface area contributed by atoms with Crippen LogP contribution in [0.25, 0.3) is 66.8 Å². The Hall–Kier alpha value is -5.74. The largest absolute Gasteiger partial charge is 0.147 e. The van der Waals surface area contributed by atoms with E-state index >= 15 is 0 Å². The van der Waals surface area contributed by atoms with E-state index in [0.29, 0.717) is 0 Å².